The highest BCUT2D eigenvalue weighted by molar-refractivity contribution is 6.12. The summed E-state index contributed by atoms with van der Waals surface area (Å²) in [6.45, 7) is 0. The number of para-hydroxylation sites is 4. The predicted octanol–water partition coefficient (Wildman–Crippen LogP) is 15.3. The molecule has 12 aromatic rings. The average molecular weight is 718 g/mol. The molecule has 0 aliphatic heterocycles. The van der Waals surface area contributed by atoms with E-state index in [0.717, 1.165) is 105 Å². The summed E-state index contributed by atoms with van der Waals surface area (Å²) in [4.78, 5) is 2.33. The first-order valence-corrected chi connectivity index (χ1v) is 18.9. The van der Waals surface area contributed by atoms with Gasteiger partial charge in [-0.25, -0.2) is 0 Å². The van der Waals surface area contributed by atoms with Crippen LogP contribution in [0, 0.1) is 0 Å². The highest BCUT2D eigenvalue weighted by Crippen LogP contribution is 2.45. The number of hydrogen-bond donors (Lipinski definition) is 0. The first kappa shape index (κ1) is 30.9. The molecule has 0 bridgehead atoms. The lowest BCUT2D eigenvalue weighted by Crippen LogP contribution is -2.11. The van der Waals surface area contributed by atoms with E-state index in [1.54, 1.807) is 0 Å². The molecule has 0 aliphatic rings. The van der Waals surface area contributed by atoms with Crippen LogP contribution in [-0.4, -0.2) is 0 Å². The topological polar surface area (TPSA) is 42.7 Å². The van der Waals surface area contributed by atoms with E-state index in [-0.39, 0.29) is 0 Å². The van der Waals surface area contributed by atoms with Crippen molar-refractivity contribution in [2.75, 3.05) is 4.90 Å². The molecule has 56 heavy (non-hydrogen) atoms. The van der Waals surface area contributed by atoms with Crippen LogP contribution in [0.4, 0.5) is 17.1 Å². The van der Waals surface area contributed by atoms with E-state index < -0.39 is 0 Å². The summed E-state index contributed by atoms with van der Waals surface area (Å²) in [6.07, 6.45) is 0. The van der Waals surface area contributed by atoms with Crippen LogP contribution in [0.25, 0.3) is 98.8 Å². The summed E-state index contributed by atoms with van der Waals surface area (Å²) < 4.78 is 19.3. The Morgan fingerprint density at radius 1 is 0.304 bits per heavy atom. The maximum atomic E-state index is 6.44. The number of nitrogens with zero attached hydrogens (tertiary/aromatic N) is 1. The number of hydrogen-bond acceptors (Lipinski definition) is 4. The van der Waals surface area contributed by atoms with Gasteiger partial charge in [0.05, 0.1) is 5.69 Å². The fourth-order valence-corrected chi connectivity index (χ4v) is 8.59. The Hall–Kier alpha value is -7.56. The fraction of sp³-hybridized carbons (Fsp3) is 0. The Labute approximate surface area is 321 Å². The number of furan rings is 3. The highest BCUT2D eigenvalue weighted by atomic mass is 16.3. The van der Waals surface area contributed by atoms with Gasteiger partial charge in [0.25, 0.3) is 0 Å². The molecule has 0 aliphatic carbocycles. The number of anilines is 3. The first-order chi connectivity index (χ1) is 27.7. The molecule has 0 amide bonds. The Balaban J connectivity index is 1.03. The molecule has 4 nitrogen and oxygen atoms in total. The van der Waals surface area contributed by atoms with Crippen LogP contribution < -0.4 is 4.90 Å². The number of benzene rings is 9. The van der Waals surface area contributed by atoms with E-state index in [2.05, 4.69) is 169 Å². The van der Waals surface area contributed by atoms with Crippen LogP contribution in [0.2, 0.25) is 0 Å². The Morgan fingerprint density at radius 2 is 0.875 bits per heavy atom. The predicted molar refractivity (Wildman–Crippen MR) is 231 cm³/mol. The van der Waals surface area contributed by atoms with E-state index in [0.29, 0.717) is 0 Å². The molecule has 4 heteroatoms. The molecule has 0 unspecified atom stereocenters. The molecule has 0 saturated carbocycles. The molecule has 0 radical (unpaired) electrons. The summed E-state index contributed by atoms with van der Waals surface area (Å²) in [5.41, 5.74) is 12.7. The van der Waals surface area contributed by atoms with Gasteiger partial charge < -0.3 is 18.2 Å². The second-order valence-corrected chi connectivity index (χ2v) is 14.5. The molecule has 0 atom stereocenters. The molecular weight excluding hydrogens is 687 g/mol. The quantitative estimate of drug-likeness (QED) is 0.178. The summed E-state index contributed by atoms with van der Waals surface area (Å²) in [5, 5.41) is 9.02. The number of fused-ring (bicyclic) bond motifs is 10. The second-order valence-electron chi connectivity index (χ2n) is 14.5. The van der Waals surface area contributed by atoms with Crippen LogP contribution in [0.5, 0.6) is 0 Å². The van der Waals surface area contributed by atoms with Crippen molar-refractivity contribution >= 4 is 93.7 Å². The van der Waals surface area contributed by atoms with Gasteiger partial charge in [0, 0.05) is 60.9 Å². The molecule has 0 saturated heterocycles. The third kappa shape index (κ3) is 4.73. The number of rotatable bonds is 5. The third-order valence-corrected chi connectivity index (χ3v) is 11.3. The molecule has 0 N–H and O–H groups in total. The average Bonchev–Trinajstić information content (AvgIpc) is 3.94. The molecule has 9 aromatic carbocycles. The standard InChI is InChI=1S/C52H31NO3/c1-2-11-34-30-50-45(28-33(34)10-1)44-29-35(22-27-49(44)55-50)38-12-3-6-17-46(38)53(37-25-26-42-40-13-4-7-18-47(40)54-51(42)31-37)36-23-20-32(21-24-36)39-15-9-16-43-41-14-5-8-19-48(41)56-52(39)43/h1-31H. The minimum atomic E-state index is 0.845. The van der Waals surface area contributed by atoms with Crippen molar-refractivity contribution in [3.8, 4) is 22.3 Å². The Kier molecular flexibility index (Phi) is 6.60. The zero-order chi connectivity index (χ0) is 36.7. The van der Waals surface area contributed by atoms with Crippen LogP contribution in [-0.2, 0) is 0 Å². The van der Waals surface area contributed by atoms with Crippen molar-refractivity contribution in [3.63, 3.8) is 0 Å². The molecule has 12 rings (SSSR count). The van der Waals surface area contributed by atoms with Crippen molar-refractivity contribution in [1.82, 2.24) is 0 Å². The smallest absolute Gasteiger partial charge is 0.143 e. The monoisotopic (exact) mass is 717 g/mol. The lowest BCUT2D eigenvalue weighted by Gasteiger charge is -2.28. The zero-order valence-corrected chi connectivity index (χ0v) is 30.1. The van der Waals surface area contributed by atoms with Crippen molar-refractivity contribution in [3.05, 3.63) is 188 Å². The maximum Gasteiger partial charge on any atom is 0.143 e. The Bertz CT molecular complexity index is 3490. The van der Waals surface area contributed by atoms with Crippen LogP contribution in [0.15, 0.2) is 201 Å². The first-order valence-electron chi connectivity index (χ1n) is 18.9. The second kappa shape index (κ2) is 12.0. The summed E-state index contributed by atoms with van der Waals surface area (Å²) in [5.74, 6) is 0. The van der Waals surface area contributed by atoms with Gasteiger partial charge in [-0.1, -0.05) is 115 Å². The van der Waals surface area contributed by atoms with E-state index in [4.69, 9.17) is 13.3 Å². The molecule has 3 aromatic heterocycles. The van der Waals surface area contributed by atoms with Crippen molar-refractivity contribution < 1.29 is 13.3 Å². The lowest BCUT2D eigenvalue weighted by molar-refractivity contribution is 0.668. The van der Waals surface area contributed by atoms with Crippen molar-refractivity contribution in [2.24, 2.45) is 0 Å². The van der Waals surface area contributed by atoms with E-state index >= 15 is 0 Å². The Morgan fingerprint density at radius 3 is 1.71 bits per heavy atom. The maximum absolute atomic E-state index is 6.44. The van der Waals surface area contributed by atoms with Crippen LogP contribution in [0.1, 0.15) is 0 Å². The van der Waals surface area contributed by atoms with E-state index in [1.165, 1.54) is 10.8 Å². The SMILES string of the molecule is c1ccc(N(c2ccc(-c3cccc4c3oc3ccccc34)cc2)c2ccc3c(c2)oc2ccccc23)c(-c2ccc3oc4cc5ccccc5cc4c3c2)c1. The largest absolute Gasteiger partial charge is 0.456 e. The zero-order valence-electron chi connectivity index (χ0n) is 30.1. The van der Waals surface area contributed by atoms with Crippen LogP contribution in [0.3, 0.4) is 0 Å². The molecule has 0 fully saturated rings. The van der Waals surface area contributed by atoms with Gasteiger partial charge in [-0.05, 0) is 88.6 Å². The molecule has 0 spiro atoms. The third-order valence-electron chi connectivity index (χ3n) is 11.3. The highest BCUT2D eigenvalue weighted by Gasteiger charge is 2.21. The molecular formula is C52H31NO3. The summed E-state index contributed by atoms with van der Waals surface area (Å²) in [6, 6.07) is 66.2. The molecule has 3 heterocycles. The van der Waals surface area contributed by atoms with Gasteiger partial charge in [0.15, 0.2) is 0 Å². The lowest BCUT2D eigenvalue weighted by atomic mass is 9.98. The van der Waals surface area contributed by atoms with Gasteiger partial charge >= 0.3 is 0 Å². The van der Waals surface area contributed by atoms with Crippen LogP contribution >= 0.6 is 0 Å². The van der Waals surface area contributed by atoms with Gasteiger partial charge in [0.2, 0.25) is 0 Å². The van der Waals surface area contributed by atoms with E-state index in [1.807, 2.05) is 24.3 Å². The van der Waals surface area contributed by atoms with E-state index in [9.17, 15) is 0 Å². The van der Waals surface area contributed by atoms with Gasteiger partial charge in [-0.15, -0.1) is 0 Å². The van der Waals surface area contributed by atoms with Crippen molar-refractivity contribution in [2.45, 2.75) is 0 Å². The van der Waals surface area contributed by atoms with Crippen molar-refractivity contribution in [1.29, 1.82) is 0 Å². The fourth-order valence-electron chi connectivity index (χ4n) is 8.59. The molecule has 262 valence electrons. The van der Waals surface area contributed by atoms with Gasteiger partial charge in [0.1, 0.15) is 33.5 Å². The van der Waals surface area contributed by atoms with Gasteiger partial charge in [-0.2, -0.15) is 0 Å². The summed E-state index contributed by atoms with van der Waals surface area (Å²) >= 11 is 0. The normalized spacial score (nSPS) is 11.9. The summed E-state index contributed by atoms with van der Waals surface area (Å²) in [7, 11) is 0. The van der Waals surface area contributed by atoms with Gasteiger partial charge in [-0.3, -0.25) is 0 Å². The minimum Gasteiger partial charge on any atom is -0.456 e. The minimum absolute atomic E-state index is 0.845.